The van der Waals surface area contributed by atoms with Gasteiger partial charge in [-0.25, -0.2) is 4.39 Å². The lowest BCUT2D eigenvalue weighted by Gasteiger charge is -2.31. The number of hydrogen-bond acceptors (Lipinski definition) is 5. The number of halogens is 1. The van der Waals surface area contributed by atoms with Crippen LogP contribution >= 0.6 is 11.3 Å². The maximum atomic E-state index is 13.6. The highest BCUT2D eigenvalue weighted by molar-refractivity contribution is 7.09. The molecule has 6 nitrogen and oxygen atoms in total. The van der Waals surface area contributed by atoms with Gasteiger partial charge in [0.15, 0.2) is 0 Å². The number of ether oxygens (including phenoxy) is 1. The molecule has 0 saturated carbocycles. The molecule has 0 unspecified atom stereocenters. The number of aryl methyl sites for hydroxylation is 1. The Morgan fingerprint density at radius 2 is 1.69 bits per heavy atom. The maximum Gasteiger partial charge on any atom is 0.254 e. The number of rotatable bonds is 10. The van der Waals surface area contributed by atoms with E-state index in [0.717, 1.165) is 29.1 Å². The Hall–Kier alpha value is -3.07. The Morgan fingerprint density at radius 3 is 2.36 bits per heavy atom. The van der Waals surface area contributed by atoms with E-state index in [1.165, 1.54) is 12.1 Å². The number of benzene rings is 2. The van der Waals surface area contributed by atoms with Gasteiger partial charge in [-0.3, -0.25) is 14.5 Å². The summed E-state index contributed by atoms with van der Waals surface area (Å²) in [4.78, 5) is 33.8. The van der Waals surface area contributed by atoms with Crippen molar-refractivity contribution >= 4 is 23.2 Å². The summed E-state index contributed by atoms with van der Waals surface area (Å²) in [5, 5.41) is 1.98. The second-order valence-electron chi connectivity index (χ2n) is 9.00. The summed E-state index contributed by atoms with van der Waals surface area (Å²) in [5.41, 5.74) is 2.48. The van der Waals surface area contributed by atoms with Crippen molar-refractivity contribution in [2.24, 2.45) is 0 Å². The fraction of sp³-hybridized carbons (Fsp3) is 0.357. The van der Waals surface area contributed by atoms with Crippen molar-refractivity contribution in [3.63, 3.8) is 0 Å². The molecule has 2 aromatic carbocycles. The topological polar surface area (TPSA) is 53.1 Å². The molecule has 1 saturated heterocycles. The van der Waals surface area contributed by atoms with Crippen molar-refractivity contribution in [2.75, 3.05) is 45.9 Å². The van der Waals surface area contributed by atoms with Crippen LogP contribution in [0, 0.1) is 12.7 Å². The number of thiophene rings is 1. The van der Waals surface area contributed by atoms with Gasteiger partial charge in [-0.15, -0.1) is 11.3 Å². The van der Waals surface area contributed by atoms with Crippen LogP contribution < -0.4 is 0 Å². The van der Waals surface area contributed by atoms with E-state index in [2.05, 4.69) is 4.90 Å². The first-order chi connectivity index (χ1) is 17.5. The lowest BCUT2D eigenvalue weighted by Crippen LogP contribution is -2.47. The molecule has 0 N–H and O–H groups in total. The van der Waals surface area contributed by atoms with Crippen LogP contribution in [0.5, 0.6) is 0 Å². The third-order valence-corrected chi connectivity index (χ3v) is 7.13. The number of carbonyl (C=O) groups is 2. The molecule has 2 heterocycles. The van der Waals surface area contributed by atoms with E-state index in [1.807, 2.05) is 48.7 Å². The van der Waals surface area contributed by atoms with E-state index in [1.54, 1.807) is 33.3 Å². The Morgan fingerprint density at radius 1 is 0.972 bits per heavy atom. The lowest BCUT2D eigenvalue weighted by molar-refractivity contribution is -0.133. The number of hydrogen-bond donors (Lipinski definition) is 0. The molecule has 8 heteroatoms. The predicted molar refractivity (Wildman–Crippen MR) is 139 cm³/mol. The minimum atomic E-state index is -0.312. The minimum Gasteiger partial charge on any atom is -0.379 e. The highest BCUT2D eigenvalue weighted by Gasteiger charge is 2.24. The molecule has 1 fully saturated rings. The van der Waals surface area contributed by atoms with Crippen molar-refractivity contribution in [2.45, 2.75) is 20.0 Å². The Labute approximate surface area is 215 Å². The lowest BCUT2D eigenvalue weighted by atomic mass is 10.1. The molecule has 0 spiro atoms. The molecular formula is C28H32FN3O3S. The molecular weight excluding hydrogens is 477 g/mol. The first-order valence-corrected chi connectivity index (χ1v) is 13.1. The highest BCUT2D eigenvalue weighted by Crippen LogP contribution is 2.16. The smallest absolute Gasteiger partial charge is 0.254 e. The first-order valence-electron chi connectivity index (χ1n) is 12.2. The Bertz CT molecular complexity index is 1110. The van der Waals surface area contributed by atoms with Crippen LogP contribution in [0.15, 0.2) is 66.0 Å². The summed E-state index contributed by atoms with van der Waals surface area (Å²) in [6.07, 6.45) is 0. The third-order valence-electron chi connectivity index (χ3n) is 6.27. The van der Waals surface area contributed by atoms with Gasteiger partial charge in [0.1, 0.15) is 12.4 Å². The average Bonchev–Trinajstić information content (AvgIpc) is 3.41. The van der Waals surface area contributed by atoms with Gasteiger partial charge in [-0.2, -0.15) is 0 Å². The van der Waals surface area contributed by atoms with Crippen molar-refractivity contribution < 1.29 is 18.7 Å². The van der Waals surface area contributed by atoms with Gasteiger partial charge >= 0.3 is 0 Å². The molecule has 4 rings (SSSR count). The van der Waals surface area contributed by atoms with E-state index in [-0.39, 0.29) is 24.2 Å². The van der Waals surface area contributed by atoms with Crippen molar-refractivity contribution in [1.29, 1.82) is 0 Å². The van der Waals surface area contributed by atoms with Crippen LogP contribution in [0.1, 0.15) is 26.4 Å². The van der Waals surface area contributed by atoms with E-state index in [0.29, 0.717) is 45.0 Å². The largest absolute Gasteiger partial charge is 0.379 e. The van der Waals surface area contributed by atoms with Gasteiger partial charge < -0.3 is 14.5 Å². The van der Waals surface area contributed by atoms with Crippen LogP contribution in [-0.2, 0) is 22.6 Å². The van der Waals surface area contributed by atoms with Crippen LogP contribution in [0.4, 0.5) is 4.39 Å². The second kappa shape index (κ2) is 12.8. The fourth-order valence-electron chi connectivity index (χ4n) is 4.11. The van der Waals surface area contributed by atoms with Gasteiger partial charge in [0.05, 0.1) is 19.8 Å². The number of nitrogens with zero attached hydrogens (tertiary/aromatic N) is 3. The normalized spacial score (nSPS) is 13.9. The summed E-state index contributed by atoms with van der Waals surface area (Å²) in [5.74, 6) is -0.613. The standard InChI is InChI=1S/C28H32FN3O3S/c1-22-4-8-24(9-5-22)28(34)31(13-12-30-14-16-35-17-15-30)21-27(33)32(20-26-3-2-18-36-26)19-23-6-10-25(29)11-7-23/h2-11,18H,12-17,19-21H2,1H3. The van der Waals surface area contributed by atoms with Crippen molar-refractivity contribution in [3.05, 3.63) is 93.4 Å². The molecule has 1 aromatic heterocycles. The van der Waals surface area contributed by atoms with Gasteiger partial charge in [0, 0.05) is 43.2 Å². The van der Waals surface area contributed by atoms with Crippen LogP contribution in [0.3, 0.4) is 0 Å². The minimum absolute atomic E-state index is 0.0242. The Kier molecular flexibility index (Phi) is 9.22. The van der Waals surface area contributed by atoms with Crippen LogP contribution in [-0.4, -0.2) is 72.5 Å². The van der Waals surface area contributed by atoms with Crippen LogP contribution in [0.2, 0.25) is 0 Å². The zero-order valence-electron chi connectivity index (χ0n) is 20.6. The van der Waals surface area contributed by atoms with Gasteiger partial charge in [0.25, 0.3) is 5.91 Å². The van der Waals surface area contributed by atoms with Gasteiger partial charge in [-0.05, 0) is 48.2 Å². The first kappa shape index (κ1) is 26.0. The van der Waals surface area contributed by atoms with Crippen molar-refractivity contribution in [1.82, 2.24) is 14.7 Å². The quantitative estimate of drug-likeness (QED) is 0.411. The van der Waals surface area contributed by atoms with E-state index in [9.17, 15) is 14.0 Å². The monoisotopic (exact) mass is 509 g/mol. The second-order valence-corrected chi connectivity index (χ2v) is 10.0. The highest BCUT2D eigenvalue weighted by atomic mass is 32.1. The molecule has 0 radical (unpaired) electrons. The third kappa shape index (κ3) is 7.46. The molecule has 1 aliphatic heterocycles. The SMILES string of the molecule is Cc1ccc(C(=O)N(CCN2CCOCC2)CC(=O)N(Cc2ccc(F)cc2)Cc2cccs2)cc1. The summed E-state index contributed by atoms with van der Waals surface area (Å²) < 4.78 is 18.9. The molecule has 190 valence electrons. The van der Waals surface area contributed by atoms with E-state index >= 15 is 0 Å². The predicted octanol–water partition coefficient (Wildman–Crippen LogP) is 4.20. The zero-order chi connectivity index (χ0) is 25.3. The van der Waals surface area contributed by atoms with Crippen molar-refractivity contribution in [3.8, 4) is 0 Å². The summed E-state index contributed by atoms with van der Waals surface area (Å²) >= 11 is 1.58. The van der Waals surface area contributed by atoms with Gasteiger partial charge in [0.2, 0.25) is 5.91 Å². The van der Waals surface area contributed by atoms with E-state index < -0.39 is 0 Å². The van der Waals surface area contributed by atoms with Gasteiger partial charge in [-0.1, -0.05) is 35.9 Å². The zero-order valence-corrected chi connectivity index (χ0v) is 21.4. The maximum absolute atomic E-state index is 13.6. The average molecular weight is 510 g/mol. The number of carbonyl (C=O) groups excluding carboxylic acids is 2. The molecule has 3 aromatic rings. The van der Waals surface area contributed by atoms with Crippen LogP contribution in [0.25, 0.3) is 0 Å². The molecule has 0 aliphatic carbocycles. The molecule has 36 heavy (non-hydrogen) atoms. The molecule has 0 atom stereocenters. The fourth-order valence-corrected chi connectivity index (χ4v) is 4.83. The summed E-state index contributed by atoms with van der Waals surface area (Å²) in [6.45, 7) is 6.84. The number of morpholine rings is 1. The van der Waals surface area contributed by atoms with E-state index in [4.69, 9.17) is 4.74 Å². The molecule has 1 aliphatic rings. The number of amides is 2. The Balaban J connectivity index is 1.51. The summed E-state index contributed by atoms with van der Waals surface area (Å²) in [6, 6.07) is 17.6. The molecule has 2 amide bonds. The molecule has 0 bridgehead atoms. The summed E-state index contributed by atoms with van der Waals surface area (Å²) in [7, 11) is 0.